The monoisotopic (exact) mass is 452 g/mol. The van der Waals surface area contributed by atoms with E-state index in [9.17, 15) is 10.1 Å². The number of nitrogens with zero attached hydrogens (tertiary/aromatic N) is 5. The first-order chi connectivity index (χ1) is 16.5. The highest BCUT2D eigenvalue weighted by molar-refractivity contribution is 5.96. The van der Waals surface area contributed by atoms with Crippen LogP contribution in [0.4, 0.5) is 5.82 Å². The van der Waals surface area contributed by atoms with Crippen LogP contribution in [0.25, 0.3) is 21.9 Å². The molecule has 1 unspecified atom stereocenters. The molecule has 1 saturated heterocycles. The Morgan fingerprint density at radius 3 is 3.03 bits per heavy atom. The predicted molar refractivity (Wildman–Crippen MR) is 126 cm³/mol. The molecule has 4 aromatic rings. The van der Waals surface area contributed by atoms with Crippen molar-refractivity contribution in [3.8, 4) is 23.7 Å². The van der Waals surface area contributed by atoms with Crippen LogP contribution >= 0.6 is 0 Å². The molecule has 1 aliphatic rings. The third-order valence-corrected chi connectivity index (χ3v) is 5.95. The van der Waals surface area contributed by atoms with E-state index < -0.39 is 0 Å². The molecule has 0 bridgehead atoms. The van der Waals surface area contributed by atoms with Crippen LogP contribution < -0.4 is 10.5 Å². The van der Waals surface area contributed by atoms with E-state index in [1.807, 2.05) is 18.2 Å². The lowest BCUT2D eigenvalue weighted by molar-refractivity contribution is -0.125. The van der Waals surface area contributed by atoms with Gasteiger partial charge in [0.2, 0.25) is 5.91 Å². The van der Waals surface area contributed by atoms with Crippen molar-refractivity contribution in [1.29, 1.82) is 5.26 Å². The molecule has 3 aromatic heterocycles. The summed E-state index contributed by atoms with van der Waals surface area (Å²) < 4.78 is 12.7. The van der Waals surface area contributed by atoms with Crippen LogP contribution in [0.5, 0.6) is 5.75 Å². The van der Waals surface area contributed by atoms with Gasteiger partial charge in [-0.15, -0.1) is 0 Å². The molecule has 5 rings (SSSR count). The molecular weight excluding hydrogens is 432 g/mol. The number of nitrogens with two attached hydrogens (primary N) is 1. The Morgan fingerprint density at radius 1 is 1.41 bits per heavy atom. The number of likely N-dealkylation sites (tertiary alicyclic amines) is 1. The van der Waals surface area contributed by atoms with Crippen LogP contribution in [0.3, 0.4) is 0 Å². The fourth-order valence-electron chi connectivity index (χ4n) is 4.31. The Hall–Kier alpha value is -4.76. The fraction of sp³-hybridized carbons (Fsp3) is 0.200. The maximum Gasteiger partial charge on any atom is 0.246 e. The molecule has 9 heteroatoms. The molecule has 1 atom stereocenters. The lowest BCUT2D eigenvalue weighted by atomic mass is 10.1. The Morgan fingerprint density at radius 2 is 2.26 bits per heavy atom. The van der Waals surface area contributed by atoms with E-state index >= 15 is 0 Å². The lowest BCUT2D eigenvalue weighted by Gasteiger charge is -2.15. The number of fused-ring (bicyclic) bond motifs is 2. The molecule has 1 amide bonds. The van der Waals surface area contributed by atoms with Gasteiger partial charge in [-0.05, 0) is 36.6 Å². The van der Waals surface area contributed by atoms with Gasteiger partial charge in [-0.1, -0.05) is 12.5 Å². The maximum absolute atomic E-state index is 12.1. The van der Waals surface area contributed by atoms with Crippen molar-refractivity contribution in [2.45, 2.75) is 12.5 Å². The zero-order valence-corrected chi connectivity index (χ0v) is 18.4. The van der Waals surface area contributed by atoms with E-state index in [1.54, 1.807) is 23.0 Å². The van der Waals surface area contributed by atoms with Crippen LogP contribution in [-0.2, 0) is 4.79 Å². The molecule has 2 N–H and O–H groups in total. The topological polar surface area (TPSA) is 123 Å². The van der Waals surface area contributed by atoms with Gasteiger partial charge in [-0.3, -0.25) is 9.48 Å². The average molecular weight is 452 g/mol. The number of nitriles is 1. The number of pyridine rings is 1. The highest BCUT2D eigenvalue weighted by atomic mass is 16.5. The third-order valence-electron chi connectivity index (χ3n) is 5.95. The van der Waals surface area contributed by atoms with Gasteiger partial charge in [0.25, 0.3) is 0 Å². The number of aromatic nitrogens is 3. The predicted octanol–water partition coefficient (Wildman–Crippen LogP) is 3.00. The first-order valence-corrected chi connectivity index (χ1v) is 10.6. The van der Waals surface area contributed by atoms with Crippen molar-refractivity contribution in [3.05, 3.63) is 60.1 Å². The van der Waals surface area contributed by atoms with Crippen LogP contribution in [-0.4, -0.2) is 45.8 Å². The van der Waals surface area contributed by atoms with Crippen LogP contribution in [0.1, 0.15) is 29.3 Å². The second kappa shape index (κ2) is 8.30. The molecule has 0 spiro atoms. The second-order valence-electron chi connectivity index (χ2n) is 7.88. The van der Waals surface area contributed by atoms with Crippen LogP contribution in [0, 0.1) is 23.2 Å². The minimum Gasteiger partial charge on any atom is -0.496 e. The summed E-state index contributed by atoms with van der Waals surface area (Å²) in [5.41, 5.74) is 8.86. The van der Waals surface area contributed by atoms with Gasteiger partial charge in [-0.25, -0.2) is 4.98 Å². The van der Waals surface area contributed by atoms with Gasteiger partial charge in [-0.2, -0.15) is 10.4 Å². The summed E-state index contributed by atoms with van der Waals surface area (Å²) in [6.07, 6.45) is 5.01. The zero-order chi connectivity index (χ0) is 23.8. The number of carbonyl (C=O) groups is 1. The van der Waals surface area contributed by atoms with Gasteiger partial charge in [0.1, 0.15) is 28.9 Å². The number of nitrogen functional groups attached to an aromatic ring is 1. The number of anilines is 1. The quantitative estimate of drug-likeness (QED) is 0.374. The highest BCUT2D eigenvalue weighted by Gasteiger charge is 2.30. The van der Waals surface area contributed by atoms with Gasteiger partial charge >= 0.3 is 0 Å². The molecule has 0 saturated carbocycles. The Labute approximate surface area is 195 Å². The Balaban J connectivity index is 1.63. The van der Waals surface area contributed by atoms with Crippen molar-refractivity contribution in [1.82, 2.24) is 19.7 Å². The third kappa shape index (κ3) is 3.40. The van der Waals surface area contributed by atoms with Crippen molar-refractivity contribution in [2.75, 3.05) is 25.9 Å². The largest absolute Gasteiger partial charge is 0.496 e. The van der Waals surface area contributed by atoms with E-state index in [2.05, 4.69) is 29.5 Å². The van der Waals surface area contributed by atoms with E-state index in [0.29, 0.717) is 58.6 Å². The van der Waals surface area contributed by atoms with Gasteiger partial charge < -0.3 is 19.8 Å². The number of rotatable bonds is 3. The number of hydrogen-bond donors (Lipinski definition) is 1. The zero-order valence-electron chi connectivity index (χ0n) is 18.4. The van der Waals surface area contributed by atoms with E-state index in [-0.39, 0.29) is 17.8 Å². The minimum atomic E-state index is -0.136. The standard InChI is InChI=1S/C25H20N6O3/c1-3-22(32)30-8-6-17(14-30)31-24-16(12-26)13-28-25(27)23(24)19(29-31)5-4-15-10-20(33-2)18-7-9-34-21(18)11-15/h3,7,9-11,13,17H,1,6,8,14H2,2H3,(H2,27,28). The smallest absolute Gasteiger partial charge is 0.246 e. The van der Waals surface area contributed by atoms with Crippen LogP contribution in [0.2, 0.25) is 0 Å². The first kappa shape index (κ1) is 21.1. The summed E-state index contributed by atoms with van der Waals surface area (Å²) >= 11 is 0. The minimum absolute atomic E-state index is 0.129. The lowest BCUT2D eigenvalue weighted by Crippen LogP contribution is -2.27. The Bertz CT molecular complexity index is 1560. The maximum atomic E-state index is 12.1. The number of amides is 1. The first-order valence-electron chi connectivity index (χ1n) is 10.6. The van der Waals surface area contributed by atoms with E-state index in [4.69, 9.17) is 20.0 Å². The van der Waals surface area contributed by atoms with E-state index in [0.717, 1.165) is 5.39 Å². The summed E-state index contributed by atoms with van der Waals surface area (Å²) in [4.78, 5) is 18.0. The normalized spacial score (nSPS) is 15.2. The summed E-state index contributed by atoms with van der Waals surface area (Å²) in [7, 11) is 1.59. The fourth-order valence-corrected chi connectivity index (χ4v) is 4.31. The number of benzene rings is 1. The number of ether oxygens (including phenoxy) is 1. The molecule has 168 valence electrons. The molecule has 1 aliphatic heterocycles. The van der Waals surface area contributed by atoms with Crippen molar-refractivity contribution in [3.63, 3.8) is 0 Å². The Kier molecular flexibility index (Phi) is 5.15. The molecule has 4 heterocycles. The summed E-state index contributed by atoms with van der Waals surface area (Å²) in [6, 6.07) is 7.52. The molecule has 9 nitrogen and oxygen atoms in total. The summed E-state index contributed by atoms with van der Waals surface area (Å²) in [6.45, 7) is 4.59. The number of carbonyl (C=O) groups excluding carboxylic acids is 1. The van der Waals surface area contributed by atoms with Crippen molar-refractivity contribution in [2.24, 2.45) is 0 Å². The average Bonchev–Trinajstić information content (AvgIpc) is 3.60. The van der Waals surface area contributed by atoms with Gasteiger partial charge in [0.15, 0.2) is 0 Å². The molecule has 0 aliphatic carbocycles. The SMILES string of the molecule is C=CC(=O)N1CCC(n2nc(C#Cc3cc(OC)c4ccoc4c3)c3c(N)ncc(C#N)c32)C1. The van der Waals surface area contributed by atoms with E-state index in [1.165, 1.54) is 12.3 Å². The van der Waals surface area contributed by atoms with Gasteiger partial charge in [0.05, 0.1) is 41.3 Å². The summed E-state index contributed by atoms with van der Waals surface area (Å²) in [5, 5.41) is 15.8. The van der Waals surface area contributed by atoms with Crippen molar-refractivity contribution >= 4 is 33.6 Å². The number of methoxy groups -OCH3 is 1. The molecular formula is C25H20N6O3. The second-order valence-corrected chi connectivity index (χ2v) is 7.88. The number of furan rings is 1. The molecule has 1 fully saturated rings. The molecule has 0 radical (unpaired) electrons. The molecule has 1 aromatic carbocycles. The summed E-state index contributed by atoms with van der Waals surface area (Å²) in [5.74, 6) is 6.94. The van der Waals surface area contributed by atoms with Crippen LogP contribution in [0.15, 0.2) is 47.7 Å². The van der Waals surface area contributed by atoms with Crippen molar-refractivity contribution < 1.29 is 13.9 Å². The van der Waals surface area contributed by atoms with Gasteiger partial charge in [0, 0.05) is 24.8 Å². The number of hydrogen-bond acceptors (Lipinski definition) is 7. The highest BCUT2D eigenvalue weighted by Crippen LogP contribution is 2.32. The molecule has 34 heavy (non-hydrogen) atoms.